The summed E-state index contributed by atoms with van der Waals surface area (Å²) in [6.07, 6.45) is 4.95. The molecule has 1 fully saturated rings. The highest BCUT2D eigenvalue weighted by molar-refractivity contribution is 5.90. The van der Waals surface area contributed by atoms with Gasteiger partial charge in [0.2, 0.25) is 5.91 Å². The number of rotatable bonds is 5. The Bertz CT molecular complexity index is 807. The average molecular weight is 380 g/mol. The topological polar surface area (TPSA) is 77.1 Å². The van der Waals surface area contributed by atoms with Gasteiger partial charge in [0.05, 0.1) is 6.54 Å². The first-order valence-corrected chi connectivity index (χ1v) is 8.52. The molecule has 0 aliphatic heterocycles. The van der Waals surface area contributed by atoms with Crippen LogP contribution in [0.15, 0.2) is 47.4 Å². The number of halogens is 2. The Morgan fingerprint density at radius 3 is 2.62 bits per heavy atom. The van der Waals surface area contributed by atoms with Gasteiger partial charge in [0, 0.05) is 18.7 Å². The fraction of sp³-hybridized carbons (Fsp3) is 0.368. The number of anilines is 1. The van der Waals surface area contributed by atoms with E-state index in [0.29, 0.717) is 13.0 Å². The number of carbonyl (C=O) groups is 1. The van der Waals surface area contributed by atoms with Crippen LogP contribution in [-0.4, -0.2) is 16.5 Å². The van der Waals surface area contributed by atoms with E-state index in [9.17, 15) is 14.0 Å². The summed E-state index contributed by atoms with van der Waals surface area (Å²) >= 11 is 0. The van der Waals surface area contributed by atoms with Crippen LogP contribution in [0.25, 0.3) is 0 Å². The Balaban J connectivity index is 0.00000243. The Kier molecular flexibility index (Phi) is 6.94. The van der Waals surface area contributed by atoms with Crippen LogP contribution < -0.4 is 16.6 Å². The number of amides is 1. The van der Waals surface area contributed by atoms with Gasteiger partial charge in [0.25, 0.3) is 5.56 Å². The maximum Gasteiger partial charge on any atom is 0.274 e. The summed E-state index contributed by atoms with van der Waals surface area (Å²) in [5.41, 5.74) is 6.78. The van der Waals surface area contributed by atoms with Crippen LogP contribution in [0, 0.1) is 11.7 Å². The van der Waals surface area contributed by atoms with Crippen molar-refractivity contribution in [3.63, 3.8) is 0 Å². The molecule has 1 aliphatic rings. The second kappa shape index (κ2) is 8.96. The number of aromatic nitrogens is 1. The van der Waals surface area contributed by atoms with Gasteiger partial charge >= 0.3 is 0 Å². The predicted octanol–water partition coefficient (Wildman–Crippen LogP) is 2.91. The minimum absolute atomic E-state index is 0. The third-order valence-electron chi connectivity index (χ3n) is 4.73. The summed E-state index contributed by atoms with van der Waals surface area (Å²) in [5.74, 6) is -0.314. The van der Waals surface area contributed by atoms with E-state index < -0.39 is 0 Å². The monoisotopic (exact) mass is 379 g/mol. The van der Waals surface area contributed by atoms with Crippen LogP contribution in [0.3, 0.4) is 0 Å². The average Bonchev–Trinajstić information content (AvgIpc) is 2.98. The smallest absolute Gasteiger partial charge is 0.274 e. The predicted molar refractivity (Wildman–Crippen MR) is 102 cm³/mol. The summed E-state index contributed by atoms with van der Waals surface area (Å²) in [5, 5.41) is 2.71. The van der Waals surface area contributed by atoms with Crippen molar-refractivity contribution in [2.75, 3.05) is 5.32 Å². The van der Waals surface area contributed by atoms with Crippen molar-refractivity contribution in [3.05, 3.63) is 64.3 Å². The Morgan fingerprint density at radius 1 is 1.23 bits per heavy atom. The first kappa shape index (κ1) is 20.1. The van der Waals surface area contributed by atoms with Gasteiger partial charge < -0.3 is 15.6 Å². The maximum atomic E-state index is 13.0. The Morgan fingerprint density at radius 2 is 1.96 bits per heavy atom. The molecule has 2 atom stereocenters. The van der Waals surface area contributed by atoms with Crippen LogP contribution in [0.5, 0.6) is 0 Å². The number of nitrogens with one attached hydrogen (secondary N) is 1. The summed E-state index contributed by atoms with van der Waals surface area (Å²) in [7, 11) is 0. The molecule has 0 unspecified atom stereocenters. The van der Waals surface area contributed by atoms with Gasteiger partial charge in [0.15, 0.2) is 0 Å². The highest BCUT2D eigenvalue weighted by Gasteiger charge is 2.26. The zero-order valence-electron chi connectivity index (χ0n) is 14.4. The van der Waals surface area contributed by atoms with Crippen molar-refractivity contribution in [3.8, 4) is 0 Å². The lowest BCUT2D eigenvalue weighted by atomic mass is 10.00. The van der Waals surface area contributed by atoms with E-state index in [1.807, 2.05) is 0 Å². The lowest BCUT2D eigenvalue weighted by Crippen LogP contribution is -2.30. The molecular weight excluding hydrogens is 357 g/mol. The van der Waals surface area contributed by atoms with Crippen molar-refractivity contribution in [1.82, 2.24) is 4.57 Å². The molecule has 0 saturated heterocycles. The van der Waals surface area contributed by atoms with Gasteiger partial charge in [0.1, 0.15) is 11.5 Å². The van der Waals surface area contributed by atoms with Crippen molar-refractivity contribution in [2.45, 2.75) is 38.3 Å². The maximum absolute atomic E-state index is 13.0. The largest absolute Gasteiger partial charge is 0.327 e. The minimum atomic E-state index is -0.317. The normalized spacial score (nSPS) is 19.0. The quantitative estimate of drug-likeness (QED) is 0.838. The van der Waals surface area contributed by atoms with Crippen LogP contribution >= 0.6 is 12.4 Å². The fourth-order valence-corrected chi connectivity index (χ4v) is 3.30. The zero-order chi connectivity index (χ0) is 17.8. The van der Waals surface area contributed by atoms with Crippen molar-refractivity contribution in [2.24, 2.45) is 11.7 Å². The summed E-state index contributed by atoms with van der Waals surface area (Å²) in [4.78, 5) is 24.7. The molecule has 1 saturated carbocycles. The van der Waals surface area contributed by atoms with Crippen LogP contribution in [0.4, 0.5) is 10.1 Å². The van der Waals surface area contributed by atoms with Crippen molar-refractivity contribution in [1.29, 1.82) is 0 Å². The van der Waals surface area contributed by atoms with Gasteiger partial charge in [-0.25, -0.2) is 4.39 Å². The molecule has 140 valence electrons. The highest BCUT2D eigenvalue weighted by Crippen LogP contribution is 2.26. The number of pyridine rings is 1. The summed E-state index contributed by atoms with van der Waals surface area (Å²) in [6.45, 7) is 0.316. The molecule has 1 aromatic heterocycles. The number of carbonyl (C=O) groups excluding carboxylic acids is 1. The zero-order valence-corrected chi connectivity index (χ0v) is 15.2. The van der Waals surface area contributed by atoms with E-state index >= 15 is 0 Å². The number of hydrogen-bond acceptors (Lipinski definition) is 3. The van der Waals surface area contributed by atoms with Crippen LogP contribution in [0.1, 0.15) is 31.2 Å². The molecule has 0 bridgehead atoms. The van der Waals surface area contributed by atoms with E-state index in [2.05, 4.69) is 5.32 Å². The first-order chi connectivity index (χ1) is 12.0. The first-order valence-electron chi connectivity index (χ1n) is 8.52. The van der Waals surface area contributed by atoms with Crippen LogP contribution in [0.2, 0.25) is 0 Å². The third kappa shape index (κ3) is 4.93. The van der Waals surface area contributed by atoms with E-state index in [4.69, 9.17) is 5.73 Å². The summed E-state index contributed by atoms with van der Waals surface area (Å²) < 4.78 is 14.5. The highest BCUT2D eigenvalue weighted by atomic mass is 35.5. The molecule has 1 amide bonds. The lowest BCUT2D eigenvalue weighted by Gasteiger charge is -2.15. The van der Waals surface area contributed by atoms with Crippen molar-refractivity contribution < 1.29 is 9.18 Å². The Labute approximate surface area is 157 Å². The molecule has 7 heteroatoms. The number of nitrogens with zero attached hydrogens (tertiary/aromatic N) is 1. The molecule has 0 spiro atoms. The molecule has 1 heterocycles. The van der Waals surface area contributed by atoms with Gasteiger partial charge in [-0.15, -0.1) is 12.4 Å². The fourth-order valence-electron chi connectivity index (χ4n) is 3.30. The molecule has 1 aromatic carbocycles. The van der Waals surface area contributed by atoms with Crippen LogP contribution in [-0.2, 0) is 11.3 Å². The summed E-state index contributed by atoms with van der Waals surface area (Å²) in [6, 6.07) is 9.35. The molecule has 1 aliphatic carbocycles. The standard InChI is InChI=1S/C19H22FN3O2.ClH/c20-15-8-6-13(7-9-15)12-23-10-2-5-17(19(23)25)22-18(24)11-14-3-1-4-16(14)21;/h2,5-10,14,16H,1,3-4,11-12,21H2,(H,22,24);1H/t14-,16+;/m0./s1. The van der Waals surface area contributed by atoms with Gasteiger partial charge in [-0.3, -0.25) is 9.59 Å². The third-order valence-corrected chi connectivity index (χ3v) is 4.73. The van der Waals surface area contributed by atoms with Gasteiger partial charge in [-0.05, 0) is 48.6 Å². The number of benzene rings is 1. The number of hydrogen-bond donors (Lipinski definition) is 2. The van der Waals surface area contributed by atoms with Gasteiger partial charge in [-0.2, -0.15) is 0 Å². The van der Waals surface area contributed by atoms with E-state index in [1.165, 1.54) is 16.7 Å². The van der Waals surface area contributed by atoms with E-state index in [1.54, 1.807) is 30.5 Å². The SMILES string of the molecule is Cl.N[C@@H]1CCC[C@H]1CC(=O)Nc1cccn(Cc2ccc(F)cc2)c1=O. The molecule has 26 heavy (non-hydrogen) atoms. The van der Waals surface area contributed by atoms with E-state index in [0.717, 1.165) is 24.8 Å². The van der Waals surface area contributed by atoms with E-state index in [-0.39, 0.29) is 47.3 Å². The molecule has 0 radical (unpaired) electrons. The van der Waals surface area contributed by atoms with Gasteiger partial charge in [-0.1, -0.05) is 18.6 Å². The number of nitrogens with two attached hydrogens (primary N) is 1. The molecule has 2 aromatic rings. The minimum Gasteiger partial charge on any atom is -0.327 e. The van der Waals surface area contributed by atoms with Crippen molar-refractivity contribution >= 4 is 24.0 Å². The lowest BCUT2D eigenvalue weighted by molar-refractivity contribution is -0.117. The second-order valence-electron chi connectivity index (χ2n) is 6.59. The second-order valence-corrected chi connectivity index (χ2v) is 6.59. The molecular formula is C19H23ClFN3O2. The molecule has 5 nitrogen and oxygen atoms in total. The molecule has 3 rings (SSSR count). The molecule has 3 N–H and O–H groups in total. The Hall–Kier alpha value is -2.18.